The first kappa shape index (κ1) is 24.9. The van der Waals surface area contributed by atoms with Gasteiger partial charge < -0.3 is 0 Å². The van der Waals surface area contributed by atoms with Crippen LogP contribution in [0.3, 0.4) is 0 Å². The molecule has 0 aliphatic heterocycles. The summed E-state index contributed by atoms with van der Waals surface area (Å²) in [5, 5.41) is 1.45. The van der Waals surface area contributed by atoms with Crippen molar-refractivity contribution >= 4 is 31.0 Å². The molecule has 0 spiro atoms. The number of rotatable bonds is 7. The quantitative estimate of drug-likeness (QED) is 0.191. The van der Waals surface area contributed by atoms with Crippen LogP contribution >= 0.6 is 0 Å². The normalized spacial score (nSPS) is 12.9. The van der Waals surface area contributed by atoms with E-state index in [0.717, 1.165) is 5.39 Å². The third kappa shape index (κ3) is 5.05. The highest BCUT2D eigenvalue weighted by Crippen LogP contribution is 2.43. The van der Waals surface area contributed by atoms with Gasteiger partial charge in [-0.15, -0.1) is 0 Å². The van der Waals surface area contributed by atoms with Crippen LogP contribution in [0.5, 0.6) is 0 Å². The molecule has 1 atom stereocenters. The summed E-state index contributed by atoms with van der Waals surface area (Å²) in [5.41, 5.74) is -0.216. The highest BCUT2D eigenvalue weighted by Gasteiger charge is 2.36. The lowest BCUT2D eigenvalue weighted by molar-refractivity contribution is 0.266. The maximum Gasteiger partial charge on any atom is 0.299 e. The maximum atomic E-state index is 14.1. The summed E-state index contributed by atoms with van der Waals surface area (Å²) in [4.78, 5) is -0.187. The minimum Gasteiger partial charge on any atom is -0.283 e. The van der Waals surface area contributed by atoms with E-state index in [9.17, 15) is 21.4 Å². The molecule has 0 heterocycles. The molecule has 5 rings (SSSR count). The van der Waals surface area contributed by atoms with E-state index >= 15 is 0 Å². The number of fused-ring (bicyclic) bond motifs is 1. The molecule has 0 saturated carbocycles. The molecule has 0 radical (unpaired) electrons. The predicted molar refractivity (Wildman–Crippen MR) is 144 cm³/mol. The number of hydrogen-bond acceptors (Lipinski definition) is 5. The molecule has 5 aromatic carbocycles. The Labute approximate surface area is 215 Å². The molecule has 0 aliphatic carbocycles. The lowest BCUT2D eigenvalue weighted by atomic mass is 9.93. The first-order chi connectivity index (χ1) is 17.8. The van der Waals surface area contributed by atoms with E-state index in [1.807, 2.05) is 30.3 Å². The smallest absolute Gasteiger partial charge is 0.283 e. The summed E-state index contributed by atoms with van der Waals surface area (Å²) in [6.07, 6.45) is 0. The summed E-state index contributed by atoms with van der Waals surface area (Å²) in [7, 11) is -9.74. The van der Waals surface area contributed by atoms with Gasteiger partial charge in [0.25, 0.3) is 20.2 Å². The van der Waals surface area contributed by atoms with E-state index in [1.165, 1.54) is 24.3 Å². The van der Waals surface area contributed by atoms with Crippen LogP contribution in [0, 0.1) is 0 Å². The molecule has 186 valence electrons. The van der Waals surface area contributed by atoms with Crippen molar-refractivity contribution in [2.45, 2.75) is 10.3 Å². The van der Waals surface area contributed by atoms with Gasteiger partial charge in [0, 0.05) is 11.1 Å². The average molecular weight is 531 g/mol. The van der Waals surface area contributed by atoms with Crippen LogP contribution in [0.2, 0.25) is 0 Å². The third-order valence-electron chi connectivity index (χ3n) is 5.96. The van der Waals surface area contributed by atoms with Crippen LogP contribution in [-0.2, 0) is 24.4 Å². The zero-order chi connectivity index (χ0) is 26.0. The molecule has 0 bridgehead atoms. The minimum absolute atomic E-state index is 0.0168. The number of hydrogen-bond donors (Lipinski definition) is 1. The topological polar surface area (TPSA) is 97.7 Å². The molecule has 0 aromatic heterocycles. The zero-order valence-electron chi connectivity index (χ0n) is 19.4. The highest BCUT2D eigenvalue weighted by atomic mass is 32.2. The summed E-state index contributed by atoms with van der Waals surface area (Å²) in [6, 6.07) is 34.5. The van der Waals surface area contributed by atoms with E-state index in [2.05, 4.69) is 0 Å². The van der Waals surface area contributed by atoms with Gasteiger partial charge in [0.2, 0.25) is 5.44 Å². The van der Waals surface area contributed by atoms with Crippen LogP contribution in [0.25, 0.3) is 33.0 Å². The fourth-order valence-corrected chi connectivity index (χ4v) is 6.93. The van der Waals surface area contributed by atoms with Crippen LogP contribution < -0.4 is 0 Å². The monoisotopic (exact) mass is 530 g/mol. The first-order valence-corrected chi connectivity index (χ1v) is 14.3. The van der Waals surface area contributed by atoms with Gasteiger partial charge in [-0.05, 0) is 33.5 Å². The van der Waals surface area contributed by atoms with Gasteiger partial charge in [0.15, 0.2) is 0 Å². The van der Waals surface area contributed by atoms with E-state index < -0.39 is 25.7 Å². The van der Waals surface area contributed by atoms with Gasteiger partial charge in [-0.25, -0.2) is 4.18 Å². The van der Waals surface area contributed by atoms with Gasteiger partial charge in [0.05, 0.1) is 0 Å². The molecule has 0 saturated heterocycles. The van der Waals surface area contributed by atoms with E-state index in [1.54, 1.807) is 66.7 Å². The van der Waals surface area contributed by atoms with E-state index in [4.69, 9.17) is 4.18 Å². The molecule has 6 nitrogen and oxygen atoms in total. The summed E-state index contributed by atoms with van der Waals surface area (Å²) >= 11 is 0. The van der Waals surface area contributed by atoms with Crippen molar-refractivity contribution in [3.05, 3.63) is 127 Å². The second kappa shape index (κ2) is 9.91. The Morgan fingerprint density at radius 2 is 1.14 bits per heavy atom. The Kier molecular flexibility index (Phi) is 6.66. The van der Waals surface area contributed by atoms with E-state index in [-0.39, 0.29) is 10.5 Å². The largest absolute Gasteiger partial charge is 0.299 e. The van der Waals surface area contributed by atoms with Gasteiger partial charge in [-0.3, -0.25) is 4.55 Å². The zero-order valence-corrected chi connectivity index (χ0v) is 21.1. The molecular weight excluding hydrogens is 508 g/mol. The molecule has 8 heteroatoms. The summed E-state index contributed by atoms with van der Waals surface area (Å²) in [6.45, 7) is 0. The summed E-state index contributed by atoms with van der Waals surface area (Å²) < 4.78 is 68.2. The predicted octanol–water partition coefficient (Wildman–Crippen LogP) is 6.47. The van der Waals surface area contributed by atoms with Gasteiger partial charge in [-0.1, -0.05) is 115 Å². The molecule has 37 heavy (non-hydrogen) atoms. The molecule has 0 fully saturated rings. The highest BCUT2D eigenvalue weighted by molar-refractivity contribution is 7.89. The van der Waals surface area contributed by atoms with E-state index in [0.29, 0.717) is 27.6 Å². The van der Waals surface area contributed by atoms with Crippen LogP contribution in [0.15, 0.2) is 126 Å². The average Bonchev–Trinajstić information content (AvgIpc) is 2.91. The first-order valence-electron chi connectivity index (χ1n) is 11.4. The molecule has 1 unspecified atom stereocenters. The van der Waals surface area contributed by atoms with Crippen LogP contribution in [0.1, 0.15) is 11.0 Å². The SMILES string of the molecule is O=S(=O)(OC(c1ccccc1)S(=O)(=O)O)c1c(-c2ccccc2)cc2ccccc2c1-c1ccccc1. The Hall–Kier alpha value is -3.82. The van der Waals surface area contributed by atoms with Crippen molar-refractivity contribution in [3.63, 3.8) is 0 Å². The fourth-order valence-electron chi connectivity index (χ4n) is 4.36. The van der Waals surface area contributed by atoms with Crippen LogP contribution in [0.4, 0.5) is 0 Å². The third-order valence-corrected chi connectivity index (χ3v) is 8.36. The lowest BCUT2D eigenvalue weighted by Gasteiger charge is -2.21. The second-order valence-electron chi connectivity index (χ2n) is 8.39. The Morgan fingerprint density at radius 1 is 0.622 bits per heavy atom. The van der Waals surface area contributed by atoms with Crippen molar-refractivity contribution in [3.8, 4) is 22.3 Å². The Morgan fingerprint density at radius 3 is 1.73 bits per heavy atom. The Balaban J connectivity index is 1.85. The van der Waals surface area contributed by atoms with Crippen molar-refractivity contribution in [1.29, 1.82) is 0 Å². The molecule has 0 amide bonds. The molecule has 1 N–H and O–H groups in total. The number of benzene rings is 5. The standard InChI is InChI=1S/C29H22O6S2/c30-36(31,32)29(23-16-8-3-9-17-23)35-37(33,34)28-26(21-12-4-1-5-13-21)20-24-18-10-11-19-25(24)27(28)22-14-6-2-7-15-22/h1-20,29H,(H,30,31,32). The van der Waals surface area contributed by atoms with Crippen molar-refractivity contribution < 1.29 is 25.6 Å². The second-order valence-corrected chi connectivity index (χ2v) is 11.4. The van der Waals surface area contributed by atoms with Crippen LogP contribution in [-0.4, -0.2) is 21.4 Å². The van der Waals surface area contributed by atoms with Gasteiger partial charge in [-0.2, -0.15) is 16.8 Å². The molecular formula is C29H22O6S2. The Bertz CT molecular complexity index is 1770. The van der Waals surface area contributed by atoms with Crippen molar-refractivity contribution in [2.75, 3.05) is 0 Å². The van der Waals surface area contributed by atoms with Gasteiger partial charge in [0.1, 0.15) is 4.90 Å². The maximum absolute atomic E-state index is 14.1. The van der Waals surface area contributed by atoms with Gasteiger partial charge >= 0.3 is 0 Å². The minimum atomic E-state index is -4.96. The molecule has 5 aromatic rings. The lowest BCUT2D eigenvalue weighted by Crippen LogP contribution is -2.21. The summed E-state index contributed by atoms with van der Waals surface area (Å²) in [5.74, 6) is 0. The molecule has 0 aliphatic rings. The van der Waals surface area contributed by atoms with Crippen molar-refractivity contribution in [1.82, 2.24) is 0 Å². The fraction of sp³-hybridized carbons (Fsp3) is 0.0345. The van der Waals surface area contributed by atoms with Crippen molar-refractivity contribution in [2.24, 2.45) is 0 Å².